The number of piperazine rings is 1. The molecule has 0 atom stereocenters. The maximum absolute atomic E-state index is 12.7. The van der Waals surface area contributed by atoms with Gasteiger partial charge in [0.25, 0.3) is 5.91 Å². The quantitative estimate of drug-likeness (QED) is 0.889. The molecule has 6 nitrogen and oxygen atoms in total. The van der Waals surface area contributed by atoms with Gasteiger partial charge in [-0.2, -0.15) is 0 Å². The molecule has 2 aromatic rings. The van der Waals surface area contributed by atoms with Gasteiger partial charge in [0.15, 0.2) is 0 Å². The van der Waals surface area contributed by atoms with Gasteiger partial charge in [0.2, 0.25) is 5.91 Å². The molecule has 2 aromatic carbocycles. The molecule has 0 saturated carbocycles. The van der Waals surface area contributed by atoms with E-state index in [1.807, 2.05) is 24.3 Å². The minimum Gasteiger partial charge on any atom is -0.369 e. The van der Waals surface area contributed by atoms with E-state index in [0.29, 0.717) is 12.0 Å². The number of amides is 2. The van der Waals surface area contributed by atoms with Gasteiger partial charge in [0, 0.05) is 61.8 Å². The monoisotopic (exact) mass is 378 g/mol. The van der Waals surface area contributed by atoms with Crippen LogP contribution in [0.25, 0.3) is 0 Å². The van der Waals surface area contributed by atoms with Crippen LogP contribution in [0.2, 0.25) is 0 Å². The summed E-state index contributed by atoms with van der Waals surface area (Å²) in [4.78, 5) is 31.0. The highest BCUT2D eigenvalue weighted by Crippen LogP contribution is 2.23. The smallest absolute Gasteiger partial charge is 0.255 e. The highest BCUT2D eigenvalue weighted by Gasteiger charge is 2.22. The lowest BCUT2D eigenvalue weighted by Crippen LogP contribution is -2.44. The molecule has 0 aromatic heterocycles. The lowest BCUT2D eigenvalue weighted by molar-refractivity contribution is -0.117. The minimum atomic E-state index is -0.166. The van der Waals surface area contributed by atoms with Gasteiger partial charge in [-0.1, -0.05) is 6.07 Å². The van der Waals surface area contributed by atoms with Crippen LogP contribution in [0.5, 0.6) is 0 Å². The molecular formula is C22H26N4O2. The molecule has 2 aliphatic rings. The standard InChI is InChI=1S/C22H26N4O2/c1-24-12-14-25(15-13-24)19-9-7-18(8-10-19)23-22(28)17-4-2-5-20(16-17)26-11-3-6-21(26)27/h2,4-5,7-10,16H,3,6,11-15H2,1H3,(H,23,28). The van der Waals surface area contributed by atoms with Crippen molar-refractivity contribution in [2.75, 3.05) is 54.9 Å². The predicted octanol–water partition coefficient (Wildman–Crippen LogP) is 2.82. The summed E-state index contributed by atoms with van der Waals surface area (Å²) >= 11 is 0. The van der Waals surface area contributed by atoms with Crippen molar-refractivity contribution in [3.63, 3.8) is 0 Å². The third-order valence-corrected chi connectivity index (χ3v) is 5.49. The predicted molar refractivity (Wildman–Crippen MR) is 112 cm³/mol. The van der Waals surface area contributed by atoms with E-state index in [1.165, 1.54) is 5.69 Å². The number of hydrogen-bond donors (Lipinski definition) is 1. The van der Waals surface area contributed by atoms with Gasteiger partial charge in [0.05, 0.1) is 0 Å². The zero-order valence-electron chi connectivity index (χ0n) is 16.2. The molecule has 2 heterocycles. The van der Waals surface area contributed by atoms with E-state index in [0.717, 1.165) is 50.5 Å². The van der Waals surface area contributed by atoms with Crippen LogP contribution in [0.3, 0.4) is 0 Å². The number of hydrogen-bond acceptors (Lipinski definition) is 4. The molecular weight excluding hydrogens is 352 g/mol. The molecule has 2 amide bonds. The molecule has 0 radical (unpaired) electrons. The lowest BCUT2D eigenvalue weighted by Gasteiger charge is -2.34. The van der Waals surface area contributed by atoms with Gasteiger partial charge in [-0.3, -0.25) is 9.59 Å². The number of benzene rings is 2. The van der Waals surface area contributed by atoms with E-state index < -0.39 is 0 Å². The molecule has 6 heteroatoms. The largest absolute Gasteiger partial charge is 0.369 e. The molecule has 0 bridgehead atoms. The Morgan fingerprint density at radius 1 is 0.929 bits per heavy atom. The number of nitrogens with zero attached hydrogens (tertiary/aromatic N) is 3. The number of carbonyl (C=O) groups is 2. The summed E-state index contributed by atoms with van der Waals surface area (Å²) in [6.45, 7) is 4.88. The van der Waals surface area contributed by atoms with Gasteiger partial charge >= 0.3 is 0 Å². The highest BCUT2D eigenvalue weighted by atomic mass is 16.2. The molecule has 1 N–H and O–H groups in total. The van der Waals surface area contributed by atoms with Crippen molar-refractivity contribution in [3.8, 4) is 0 Å². The number of rotatable bonds is 4. The first-order valence-electron chi connectivity index (χ1n) is 9.85. The molecule has 2 saturated heterocycles. The topological polar surface area (TPSA) is 55.9 Å². The van der Waals surface area contributed by atoms with Crippen LogP contribution < -0.4 is 15.1 Å². The fourth-order valence-electron chi connectivity index (χ4n) is 3.76. The van der Waals surface area contributed by atoms with E-state index in [9.17, 15) is 9.59 Å². The van der Waals surface area contributed by atoms with Crippen LogP contribution in [0.1, 0.15) is 23.2 Å². The van der Waals surface area contributed by atoms with Crippen LogP contribution in [0.15, 0.2) is 48.5 Å². The van der Waals surface area contributed by atoms with Crippen LogP contribution in [-0.2, 0) is 4.79 Å². The Kier molecular flexibility index (Phi) is 5.30. The van der Waals surface area contributed by atoms with Crippen molar-refractivity contribution >= 4 is 28.9 Å². The molecule has 4 rings (SSSR count). The summed E-state index contributed by atoms with van der Waals surface area (Å²) < 4.78 is 0. The summed E-state index contributed by atoms with van der Waals surface area (Å²) in [6.07, 6.45) is 1.45. The van der Waals surface area contributed by atoms with E-state index >= 15 is 0 Å². The van der Waals surface area contributed by atoms with Crippen LogP contribution in [0.4, 0.5) is 17.1 Å². The Hall–Kier alpha value is -2.86. The minimum absolute atomic E-state index is 0.122. The van der Waals surface area contributed by atoms with Gasteiger partial charge in [0.1, 0.15) is 0 Å². The first kappa shape index (κ1) is 18.5. The summed E-state index contributed by atoms with van der Waals surface area (Å²) in [5, 5.41) is 2.96. The number of carbonyl (C=O) groups excluding carboxylic acids is 2. The second-order valence-corrected chi connectivity index (χ2v) is 7.49. The molecule has 28 heavy (non-hydrogen) atoms. The molecule has 2 fully saturated rings. The lowest BCUT2D eigenvalue weighted by atomic mass is 10.1. The second kappa shape index (κ2) is 8.02. The van der Waals surface area contributed by atoms with Crippen molar-refractivity contribution < 1.29 is 9.59 Å². The first-order chi connectivity index (χ1) is 13.6. The summed E-state index contributed by atoms with van der Waals surface area (Å²) in [7, 11) is 2.14. The summed E-state index contributed by atoms with van der Waals surface area (Å²) in [5.41, 5.74) is 3.30. The Morgan fingerprint density at radius 2 is 1.68 bits per heavy atom. The number of nitrogens with one attached hydrogen (secondary N) is 1. The van der Waals surface area contributed by atoms with E-state index in [-0.39, 0.29) is 11.8 Å². The zero-order chi connectivity index (χ0) is 19.5. The zero-order valence-corrected chi connectivity index (χ0v) is 16.2. The average molecular weight is 378 g/mol. The van der Waals surface area contributed by atoms with Gasteiger partial charge in [-0.25, -0.2) is 0 Å². The molecule has 0 aliphatic carbocycles. The van der Waals surface area contributed by atoms with Crippen LogP contribution >= 0.6 is 0 Å². The van der Waals surface area contributed by atoms with Crippen molar-refractivity contribution in [3.05, 3.63) is 54.1 Å². The van der Waals surface area contributed by atoms with E-state index in [4.69, 9.17) is 0 Å². The van der Waals surface area contributed by atoms with Gasteiger partial charge < -0.3 is 20.0 Å². The first-order valence-corrected chi connectivity index (χ1v) is 9.85. The molecule has 146 valence electrons. The Morgan fingerprint density at radius 3 is 2.36 bits per heavy atom. The van der Waals surface area contributed by atoms with Crippen molar-refractivity contribution in [2.24, 2.45) is 0 Å². The Balaban J connectivity index is 1.41. The van der Waals surface area contributed by atoms with Crippen LogP contribution in [0, 0.1) is 0 Å². The molecule has 0 unspecified atom stereocenters. The van der Waals surface area contributed by atoms with E-state index in [2.05, 4.69) is 34.3 Å². The third kappa shape index (κ3) is 4.02. The highest BCUT2D eigenvalue weighted by molar-refractivity contribution is 6.05. The van der Waals surface area contributed by atoms with Gasteiger partial charge in [-0.15, -0.1) is 0 Å². The maximum atomic E-state index is 12.7. The maximum Gasteiger partial charge on any atom is 0.255 e. The van der Waals surface area contributed by atoms with Crippen molar-refractivity contribution in [1.82, 2.24) is 4.90 Å². The second-order valence-electron chi connectivity index (χ2n) is 7.49. The van der Waals surface area contributed by atoms with Crippen molar-refractivity contribution in [1.29, 1.82) is 0 Å². The number of likely N-dealkylation sites (N-methyl/N-ethyl adjacent to an activating group) is 1. The van der Waals surface area contributed by atoms with Crippen molar-refractivity contribution in [2.45, 2.75) is 12.8 Å². The Bertz CT molecular complexity index is 857. The third-order valence-electron chi connectivity index (χ3n) is 5.49. The molecule has 2 aliphatic heterocycles. The van der Waals surface area contributed by atoms with E-state index in [1.54, 1.807) is 17.0 Å². The van der Waals surface area contributed by atoms with Gasteiger partial charge in [-0.05, 0) is 55.9 Å². The normalized spacial score (nSPS) is 17.8. The fourth-order valence-corrected chi connectivity index (χ4v) is 3.76. The fraction of sp³-hybridized carbons (Fsp3) is 0.364. The average Bonchev–Trinajstić information content (AvgIpc) is 3.15. The van der Waals surface area contributed by atoms with Crippen LogP contribution in [-0.4, -0.2) is 56.5 Å². The Labute approximate surface area is 165 Å². The molecule has 0 spiro atoms. The summed E-state index contributed by atoms with van der Waals surface area (Å²) in [6, 6.07) is 15.3. The SMILES string of the molecule is CN1CCN(c2ccc(NC(=O)c3cccc(N4CCCC4=O)c3)cc2)CC1. The summed E-state index contributed by atoms with van der Waals surface area (Å²) in [5.74, 6) is -0.0436. The number of anilines is 3.